The lowest BCUT2D eigenvalue weighted by molar-refractivity contribution is -0.125. The topological polar surface area (TPSA) is 140 Å². The van der Waals surface area contributed by atoms with E-state index in [0.29, 0.717) is 6.61 Å². The van der Waals surface area contributed by atoms with Gasteiger partial charge >= 0.3 is 0 Å². The average molecular weight is 513 g/mol. The number of halogens is 2. The quantitative estimate of drug-likeness (QED) is 0.252. The summed E-state index contributed by atoms with van der Waals surface area (Å²) < 4.78 is 32.6. The number of aliphatic hydroxyl groups excluding tert-OH is 1. The summed E-state index contributed by atoms with van der Waals surface area (Å²) >= 11 is 0. The summed E-state index contributed by atoms with van der Waals surface area (Å²) in [4.78, 5) is 25.0. The number of nitrogens with two attached hydrogens (primary N) is 2. The van der Waals surface area contributed by atoms with E-state index < -0.39 is 41.6 Å². The number of hydrogen-bond acceptors (Lipinski definition) is 6. The molecular weight excluding hydrogens is 482 g/mol. The summed E-state index contributed by atoms with van der Waals surface area (Å²) in [5.41, 5.74) is 13.4. The predicted molar refractivity (Wildman–Crippen MR) is 136 cm³/mol. The van der Waals surface area contributed by atoms with Crippen molar-refractivity contribution < 1.29 is 28.2 Å². The van der Waals surface area contributed by atoms with E-state index in [2.05, 4.69) is 10.6 Å². The van der Waals surface area contributed by atoms with Gasteiger partial charge in [-0.2, -0.15) is 0 Å². The van der Waals surface area contributed by atoms with Gasteiger partial charge in [0.2, 0.25) is 0 Å². The van der Waals surface area contributed by atoms with Gasteiger partial charge in [-0.25, -0.2) is 8.78 Å². The van der Waals surface area contributed by atoms with E-state index in [1.54, 1.807) is 12.1 Å². The molecule has 0 spiro atoms. The average Bonchev–Trinajstić information content (AvgIpc) is 2.89. The van der Waals surface area contributed by atoms with Crippen LogP contribution in [-0.4, -0.2) is 48.3 Å². The molecule has 0 aliphatic carbocycles. The normalized spacial score (nSPS) is 13.4. The molecule has 0 fully saturated rings. The molecule has 0 aliphatic rings. The molecule has 3 aromatic rings. The fourth-order valence-corrected chi connectivity index (χ4v) is 3.51. The van der Waals surface area contributed by atoms with E-state index in [0.717, 1.165) is 23.8 Å². The summed E-state index contributed by atoms with van der Waals surface area (Å²) in [7, 11) is 0. The molecule has 196 valence electrons. The lowest BCUT2D eigenvalue weighted by Crippen LogP contribution is -2.46. The van der Waals surface area contributed by atoms with Crippen molar-refractivity contribution in [2.45, 2.75) is 31.2 Å². The Kier molecular flexibility index (Phi) is 10.2. The van der Waals surface area contributed by atoms with Crippen molar-refractivity contribution in [3.63, 3.8) is 0 Å². The SMILES string of the molecule is NC(CNC(=O)c1cccc(NC(=O)[C@@H](O)[C@H](N)COCc2ccccc2)c1)Cc1cc(F)ccc1F. The number of carbonyl (C=O) groups is 2. The monoisotopic (exact) mass is 512 g/mol. The minimum Gasteiger partial charge on any atom is -0.382 e. The fourth-order valence-electron chi connectivity index (χ4n) is 3.51. The highest BCUT2D eigenvalue weighted by atomic mass is 19.1. The predicted octanol–water partition coefficient (Wildman–Crippen LogP) is 2.11. The standard InChI is InChI=1S/C27H30F2N4O4/c28-20-9-10-23(29)19(11-20)12-21(30)14-32-26(35)18-7-4-8-22(13-18)33-27(36)25(34)24(31)16-37-15-17-5-2-1-3-6-17/h1-11,13,21,24-25,34H,12,14-16,30-31H2,(H,32,35)(H,33,36)/t21?,24-,25+/m1/s1. The molecule has 2 amide bonds. The molecule has 3 rings (SSSR count). The van der Waals surface area contributed by atoms with Crippen LogP contribution in [0.1, 0.15) is 21.5 Å². The Morgan fingerprint density at radius 3 is 2.49 bits per heavy atom. The Hall–Kier alpha value is -3.70. The second-order valence-corrected chi connectivity index (χ2v) is 8.59. The summed E-state index contributed by atoms with van der Waals surface area (Å²) in [6, 6.07) is 17.0. The van der Waals surface area contributed by atoms with Gasteiger partial charge < -0.3 is 31.9 Å². The number of benzene rings is 3. The van der Waals surface area contributed by atoms with Gasteiger partial charge in [0.05, 0.1) is 19.3 Å². The first-order valence-electron chi connectivity index (χ1n) is 11.7. The van der Waals surface area contributed by atoms with Crippen LogP contribution in [0, 0.1) is 11.6 Å². The van der Waals surface area contributed by atoms with Crippen LogP contribution in [0.15, 0.2) is 72.8 Å². The third-order valence-electron chi connectivity index (χ3n) is 5.50. The Morgan fingerprint density at radius 2 is 1.73 bits per heavy atom. The first-order valence-corrected chi connectivity index (χ1v) is 11.7. The van der Waals surface area contributed by atoms with Crippen molar-refractivity contribution in [2.24, 2.45) is 11.5 Å². The maximum absolute atomic E-state index is 13.8. The molecule has 0 radical (unpaired) electrons. The van der Waals surface area contributed by atoms with Gasteiger partial charge in [0.15, 0.2) is 0 Å². The van der Waals surface area contributed by atoms with Gasteiger partial charge in [0.1, 0.15) is 17.7 Å². The molecular formula is C27H30F2N4O4. The maximum atomic E-state index is 13.8. The molecule has 0 saturated heterocycles. The number of ether oxygens (including phenoxy) is 1. The van der Waals surface area contributed by atoms with E-state index >= 15 is 0 Å². The van der Waals surface area contributed by atoms with E-state index in [9.17, 15) is 23.5 Å². The Balaban J connectivity index is 1.47. The highest BCUT2D eigenvalue weighted by molar-refractivity contribution is 5.98. The molecule has 37 heavy (non-hydrogen) atoms. The molecule has 0 bridgehead atoms. The molecule has 0 saturated carbocycles. The molecule has 10 heteroatoms. The van der Waals surface area contributed by atoms with Crippen molar-refractivity contribution >= 4 is 17.5 Å². The molecule has 3 aromatic carbocycles. The Bertz CT molecular complexity index is 1200. The third-order valence-corrected chi connectivity index (χ3v) is 5.50. The molecule has 0 aliphatic heterocycles. The maximum Gasteiger partial charge on any atom is 0.254 e. The molecule has 0 aromatic heterocycles. The highest BCUT2D eigenvalue weighted by Gasteiger charge is 2.23. The third kappa shape index (κ3) is 8.72. The summed E-state index contributed by atoms with van der Waals surface area (Å²) in [6.45, 7) is 0.272. The van der Waals surface area contributed by atoms with Crippen molar-refractivity contribution in [1.29, 1.82) is 0 Å². The Morgan fingerprint density at radius 1 is 0.973 bits per heavy atom. The smallest absolute Gasteiger partial charge is 0.254 e. The Labute approximate surface area is 213 Å². The van der Waals surface area contributed by atoms with Crippen LogP contribution in [0.3, 0.4) is 0 Å². The van der Waals surface area contributed by atoms with Gasteiger partial charge in [-0.15, -0.1) is 0 Å². The molecule has 0 heterocycles. The van der Waals surface area contributed by atoms with E-state index in [4.69, 9.17) is 16.2 Å². The first-order chi connectivity index (χ1) is 17.7. The van der Waals surface area contributed by atoms with Crippen molar-refractivity contribution in [3.8, 4) is 0 Å². The second kappa shape index (κ2) is 13.6. The molecule has 8 nitrogen and oxygen atoms in total. The van der Waals surface area contributed by atoms with Crippen LogP contribution < -0.4 is 22.1 Å². The lowest BCUT2D eigenvalue weighted by atomic mass is 10.1. The van der Waals surface area contributed by atoms with Crippen LogP contribution in [0.25, 0.3) is 0 Å². The zero-order valence-electron chi connectivity index (χ0n) is 20.1. The number of carbonyl (C=O) groups excluding carboxylic acids is 2. The number of aliphatic hydroxyl groups is 1. The number of amides is 2. The molecule has 7 N–H and O–H groups in total. The summed E-state index contributed by atoms with van der Waals surface area (Å²) in [5.74, 6) is -2.36. The summed E-state index contributed by atoms with van der Waals surface area (Å²) in [6.07, 6.45) is -1.50. The number of hydrogen-bond donors (Lipinski definition) is 5. The van der Waals surface area contributed by atoms with Crippen LogP contribution >= 0.6 is 0 Å². The number of rotatable bonds is 12. The van der Waals surface area contributed by atoms with E-state index in [1.807, 2.05) is 30.3 Å². The van der Waals surface area contributed by atoms with Gasteiger partial charge in [-0.05, 0) is 53.9 Å². The molecule has 1 unspecified atom stereocenters. The largest absolute Gasteiger partial charge is 0.382 e. The van der Waals surface area contributed by atoms with Crippen molar-refractivity contribution in [3.05, 3.63) is 101 Å². The van der Waals surface area contributed by atoms with Crippen LogP contribution in [0.4, 0.5) is 14.5 Å². The minimum atomic E-state index is -1.53. The first kappa shape index (κ1) is 27.9. The summed E-state index contributed by atoms with van der Waals surface area (Å²) in [5, 5.41) is 15.4. The van der Waals surface area contributed by atoms with E-state index in [1.165, 1.54) is 12.1 Å². The van der Waals surface area contributed by atoms with Crippen LogP contribution in [0.2, 0.25) is 0 Å². The highest BCUT2D eigenvalue weighted by Crippen LogP contribution is 2.13. The van der Waals surface area contributed by atoms with Crippen molar-refractivity contribution in [1.82, 2.24) is 5.32 Å². The van der Waals surface area contributed by atoms with Crippen molar-refractivity contribution in [2.75, 3.05) is 18.5 Å². The van der Waals surface area contributed by atoms with Gasteiger partial charge in [-0.3, -0.25) is 9.59 Å². The molecule has 3 atom stereocenters. The zero-order chi connectivity index (χ0) is 26.8. The number of anilines is 1. The van der Waals surface area contributed by atoms with Crippen LogP contribution in [0.5, 0.6) is 0 Å². The fraction of sp³-hybridized carbons (Fsp3) is 0.259. The zero-order valence-corrected chi connectivity index (χ0v) is 20.1. The second-order valence-electron chi connectivity index (χ2n) is 8.59. The minimum absolute atomic E-state index is 0.0158. The van der Waals surface area contributed by atoms with Crippen LogP contribution in [-0.2, 0) is 22.6 Å². The van der Waals surface area contributed by atoms with E-state index in [-0.39, 0.29) is 36.4 Å². The number of nitrogens with one attached hydrogen (secondary N) is 2. The lowest BCUT2D eigenvalue weighted by Gasteiger charge is -2.19. The van der Waals surface area contributed by atoms with Gasteiger partial charge in [-0.1, -0.05) is 36.4 Å². The van der Waals surface area contributed by atoms with Gasteiger partial charge in [0.25, 0.3) is 11.8 Å². The van der Waals surface area contributed by atoms with Gasteiger partial charge in [0, 0.05) is 23.8 Å².